The predicted molar refractivity (Wildman–Crippen MR) is 130 cm³/mol. The maximum absolute atomic E-state index is 12.7. The summed E-state index contributed by atoms with van der Waals surface area (Å²) in [5.41, 5.74) is 2.64. The highest BCUT2D eigenvalue weighted by molar-refractivity contribution is 7.98. The summed E-state index contributed by atoms with van der Waals surface area (Å²) in [6.07, 6.45) is 0. The van der Waals surface area contributed by atoms with Crippen LogP contribution in [0.25, 0.3) is 11.4 Å². The lowest BCUT2D eigenvalue weighted by atomic mass is 10.1. The number of halogens is 1. The number of ether oxygens (including phenoxy) is 2. The Labute approximate surface area is 203 Å². The zero-order chi connectivity index (χ0) is 23.2. The highest BCUT2D eigenvalue weighted by atomic mass is 35.5. The highest BCUT2D eigenvalue weighted by Crippen LogP contribution is 2.33. The SMILES string of the molecule is COCC(C)n1c(SCc2ccc(C(=O)N3CCOCC3)cc2)nnc1-c1ccccc1Cl. The molecule has 0 bridgehead atoms. The number of methoxy groups -OCH3 is 1. The van der Waals surface area contributed by atoms with Crippen molar-refractivity contribution in [3.63, 3.8) is 0 Å². The predicted octanol–water partition coefficient (Wildman–Crippen LogP) is 4.57. The van der Waals surface area contributed by atoms with Crippen molar-refractivity contribution < 1.29 is 14.3 Å². The van der Waals surface area contributed by atoms with E-state index in [2.05, 4.69) is 21.7 Å². The van der Waals surface area contributed by atoms with Crippen molar-refractivity contribution in [2.45, 2.75) is 23.9 Å². The molecule has 1 aliphatic rings. The highest BCUT2D eigenvalue weighted by Gasteiger charge is 2.21. The molecule has 2 heterocycles. The Morgan fingerprint density at radius 3 is 2.58 bits per heavy atom. The lowest BCUT2D eigenvalue weighted by molar-refractivity contribution is 0.0303. The van der Waals surface area contributed by atoms with Crippen LogP contribution in [-0.4, -0.2) is 65.6 Å². The Kier molecular flexibility index (Phi) is 8.03. The van der Waals surface area contributed by atoms with Gasteiger partial charge in [-0.2, -0.15) is 0 Å². The Morgan fingerprint density at radius 2 is 1.88 bits per heavy atom. The molecule has 1 atom stereocenters. The maximum atomic E-state index is 12.7. The van der Waals surface area contributed by atoms with Gasteiger partial charge in [-0.1, -0.05) is 47.6 Å². The molecule has 1 saturated heterocycles. The average Bonchev–Trinajstić information content (AvgIpc) is 3.27. The number of rotatable bonds is 8. The second-order valence-corrected chi connectivity index (χ2v) is 9.20. The van der Waals surface area contributed by atoms with Crippen LogP contribution in [0.2, 0.25) is 5.02 Å². The molecule has 9 heteroatoms. The van der Waals surface area contributed by atoms with Gasteiger partial charge < -0.3 is 14.4 Å². The van der Waals surface area contributed by atoms with E-state index in [4.69, 9.17) is 21.1 Å². The van der Waals surface area contributed by atoms with Crippen molar-refractivity contribution >= 4 is 29.3 Å². The van der Waals surface area contributed by atoms with Crippen LogP contribution in [0.15, 0.2) is 53.7 Å². The van der Waals surface area contributed by atoms with E-state index in [1.54, 1.807) is 18.9 Å². The first-order valence-electron chi connectivity index (χ1n) is 10.9. The quantitative estimate of drug-likeness (QED) is 0.434. The van der Waals surface area contributed by atoms with E-state index in [1.165, 1.54) is 0 Å². The third kappa shape index (κ3) is 5.58. The summed E-state index contributed by atoms with van der Waals surface area (Å²) in [6, 6.07) is 15.4. The zero-order valence-electron chi connectivity index (χ0n) is 18.7. The average molecular weight is 487 g/mol. The topological polar surface area (TPSA) is 69.5 Å². The first-order valence-corrected chi connectivity index (χ1v) is 12.2. The Balaban J connectivity index is 1.50. The molecule has 1 aromatic heterocycles. The van der Waals surface area contributed by atoms with Gasteiger partial charge in [0.2, 0.25) is 0 Å². The normalized spacial score (nSPS) is 14.9. The number of morpholine rings is 1. The summed E-state index contributed by atoms with van der Waals surface area (Å²) in [4.78, 5) is 14.5. The maximum Gasteiger partial charge on any atom is 0.254 e. The van der Waals surface area contributed by atoms with E-state index in [0.717, 1.165) is 22.1 Å². The van der Waals surface area contributed by atoms with E-state index >= 15 is 0 Å². The number of nitrogens with zero attached hydrogens (tertiary/aromatic N) is 4. The summed E-state index contributed by atoms with van der Waals surface area (Å²) < 4.78 is 12.8. The van der Waals surface area contributed by atoms with Crippen molar-refractivity contribution in [2.75, 3.05) is 40.0 Å². The number of aromatic nitrogens is 3. The number of hydrogen-bond acceptors (Lipinski definition) is 6. The van der Waals surface area contributed by atoms with Gasteiger partial charge in [0.05, 0.1) is 30.9 Å². The standard InChI is InChI=1S/C24H27ClN4O3S/c1-17(15-31-2)29-22(20-5-3-4-6-21(20)25)26-27-24(29)33-16-18-7-9-19(10-8-18)23(30)28-11-13-32-14-12-28/h3-10,17H,11-16H2,1-2H3. The van der Waals surface area contributed by atoms with Gasteiger partial charge in [0.25, 0.3) is 5.91 Å². The Morgan fingerprint density at radius 1 is 1.15 bits per heavy atom. The molecule has 1 unspecified atom stereocenters. The second kappa shape index (κ2) is 11.2. The van der Waals surface area contributed by atoms with Crippen molar-refractivity contribution in [1.29, 1.82) is 0 Å². The Hall–Kier alpha value is -2.39. The van der Waals surface area contributed by atoms with Crippen LogP contribution in [0.4, 0.5) is 0 Å². The number of carbonyl (C=O) groups excluding carboxylic acids is 1. The van der Waals surface area contributed by atoms with E-state index in [-0.39, 0.29) is 11.9 Å². The van der Waals surface area contributed by atoms with Crippen LogP contribution in [0.3, 0.4) is 0 Å². The molecule has 3 aromatic rings. The second-order valence-electron chi connectivity index (χ2n) is 7.85. The van der Waals surface area contributed by atoms with Crippen molar-refractivity contribution in [2.24, 2.45) is 0 Å². The van der Waals surface area contributed by atoms with Crippen molar-refractivity contribution in [3.8, 4) is 11.4 Å². The molecule has 7 nitrogen and oxygen atoms in total. The van der Waals surface area contributed by atoms with Crippen LogP contribution in [-0.2, 0) is 15.2 Å². The van der Waals surface area contributed by atoms with Gasteiger partial charge in [-0.3, -0.25) is 9.36 Å². The number of hydrogen-bond donors (Lipinski definition) is 0. The number of thioether (sulfide) groups is 1. The number of carbonyl (C=O) groups is 1. The first kappa shape index (κ1) is 23.8. The van der Waals surface area contributed by atoms with Crippen molar-refractivity contribution in [3.05, 3.63) is 64.7 Å². The van der Waals surface area contributed by atoms with Crippen LogP contribution in [0, 0.1) is 0 Å². The van der Waals surface area contributed by atoms with E-state index in [1.807, 2.05) is 53.4 Å². The largest absolute Gasteiger partial charge is 0.383 e. The minimum absolute atomic E-state index is 0.0345. The summed E-state index contributed by atoms with van der Waals surface area (Å²) in [5, 5.41) is 10.3. The molecule has 0 spiro atoms. The fourth-order valence-electron chi connectivity index (χ4n) is 3.76. The van der Waals surface area contributed by atoms with Crippen LogP contribution < -0.4 is 0 Å². The van der Waals surface area contributed by atoms with Crippen LogP contribution >= 0.6 is 23.4 Å². The van der Waals surface area contributed by atoms with Gasteiger partial charge in [-0.15, -0.1) is 10.2 Å². The third-order valence-electron chi connectivity index (χ3n) is 5.50. The molecule has 1 fully saturated rings. The van der Waals surface area contributed by atoms with Crippen LogP contribution in [0.1, 0.15) is 28.9 Å². The van der Waals surface area contributed by atoms with E-state index < -0.39 is 0 Å². The van der Waals surface area contributed by atoms with Gasteiger partial charge in [-0.05, 0) is 36.8 Å². The Bertz CT molecular complexity index is 1080. The third-order valence-corrected chi connectivity index (χ3v) is 6.84. The lowest BCUT2D eigenvalue weighted by Crippen LogP contribution is -2.40. The summed E-state index contributed by atoms with van der Waals surface area (Å²) in [5.74, 6) is 1.47. The zero-order valence-corrected chi connectivity index (χ0v) is 20.3. The molecular weight excluding hydrogens is 460 g/mol. The smallest absolute Gasteiger partial charge is 0.254 e. The summed E-state index contributed by atoms with van der Waals surface area (Å²) in [7, 11) is 1.68. The van der Waals surface area contributed by atoms with Gasteiger partial charge in [0.1, 0.15) is 0 Å². The number of amides is 1. The molecule has 1 amide bonds. The molecule has 1 aliphatic heterocycles. The minimum atomic E-state index is 0.0345. The molecule has 0 radical (unpaired) electrons. The van der Waals surface area contributed by atoms with Gasteiger partial charge >= 0.3 is 0 Å². The summed E-state index contributed by atoms with van der Waals surface area (Å²) >= 11 is 8.03. The molecule has 0 aliphatic carbocycles. The van der Waals surface area contributed by atoms with Gasteiger partial charge in [-0.25, -0.2) is 0 Å². The molecule has 33 heavy (non-hydrogen) atoms. The fourth-order valence-corrected chi connectivity index (χ4v) is 4.97. The minimum Gasteiger partial charge on any atom is -0.383 e. The molecule has 0 saturated carbocycles. The molecule has 174 valence electrons. The first-order chi connectivity index (χ1) is 16.1. The fraction of sp³-hybridized carbons (Fsp3) is 0.375. The van der Waals surface area contributed by atoms with Crippen LogP contribution in [0.5, 0.6) is 0 Å². The summed E-state index contributed by atoms with van der Waals surface area (Å²) in [6.45, 7) is 5.07. The molecular formula is C24H27ClN4O3S. The monoisotopic (exact) mass is 486 g/mol. The van der Waals surface area contributed by atoms with Gasteiger partial charge in [0, 0.05) is 37.1 Å². The molecule has 2 aromatic carbocycles. The number of benzene rings is 2. The molecule has 4 rings (SSSR count). The van der Waals surface area contributed by atoms with Crippen molar-refractivity contribution in [1.82, 2.24) is 19.7 Å². The van der Waals surface area contributed by atoms with E-state index in [9.17, 15) is 4.79 Å². The molecule has 0 N–H and O–H groups in total. The van der Waals surface area contributed by atoms with Gasteiger partial charge in [0.15, 0.2) is 11.0 Å². The lowest BCUT2D eigenvalue weighted by Gasteiger charge is -2.26. The van der Waals surface area contributed by atoms with E-state index in [0.29, 0.717) is 49.2 Å².